The van der Waals surface area contributed by atoms with E-state index < -0.39 is 0 Å². The van der Waals surface area contributed by atoms with Crippen molar-refractivity contribution in [2.24, 2.45) is 0 Å². The molecule has 0 radical (unpaired) electrons. The van der Waals surface area contributed by atoms with Crippen LogP contribution in [0.4, 0.5) is 5.69 Å². The first-order valence-corrected chi connectivity index (χ1v) is 11.6. The van der Waals surface area contributed by atoms with Crippen molar-refractivity contribution in [3.63, 3.8) is 0 Å². The van der Waals surface area contributed by atoms with Gasteiger partial charge in [-0.2, -0.15) is 0 Å². The Morgan fingerprint density at radius 2 is 1.82 bits per heavy atom. The van der Waals surface area contributed by atoms with E-state index >= 15 is 0 Å². The van der Waals surface area contributed by atoms with Gasteiger partial charge in [0.05, 0.1) is 5.69 Å². The van der Waals surface area contributed by atoms with Crippen molar-refractivity contribution < 1.29 is 23.9 Å². The molecule has 2 aliphatic rings. The monoisotopic (exact) mass is 450 g/mol. The van der Waals surface area contributed by atoms with Crippen LogP contribution in [-0.2, 0) is 16.0 Å². The molecule has 1 fully saturated rings. The van der Waals surface area contributed by atoms with Gasteiger partial charge in [0, 0.05) is 31.6 Å². The lowest BCUT2D eigenvalue weighted by Gasteiger charge is -2.30. The molecule has 1 saturated heterocycles. The Morgan fingerprint density at radius 1 is 1.06 bits per heavy atom. The number of aryl methyl sites for hydroxylation is 1. The number of ether oxygens (including phenoxy) is 2. The number of rotatable bonds is 9. The number of hydrogen-bond donors (Lipinski definition) is 0. The Morgan fingerprint density at radius 3 is 2.55 bits per heavy atom. The molecule has 174 valence electrons. The number of nitrogens with zero attached hydrogens (tertiary/aromatic N) is 2. The first kappa shape index (κ1) is 22.8. The van der Waals surface area contributed by atoms with Crippen molar-refractivity contribution in [3.05, 3.63) is 53.6 Å². The van der Waals surface area contributed by atoms with Crippen molar-refractivity contribution in [2.45, 2.75) is 39.0 Å². The van der Waals surface area contributed by atoms with E-state index in [1.807, 2.05) is 29.2 Å². The van der Waals surface area contributed by atoms with Gasteiger partial charge >= 0.3 is 0 Å². The van der Waals surface area contributed by atoms with Crippen LogP contribution in [0.15, 0.2) is 42.5 Å². The van der Waals surface area contributed by atoms with Gasteiger partial charge in [0.25, 0.3) is 5.91 Å². The minimum atomic E-state index is -0.181. The highest BCUT2D eigenvalue weighted by molar-refractivity contribution is 6.02. The summed E-state index contributed by atoms with van der Waals surface area (Å²) in [4.78, 5) is 41.1. The molecule has 0 unspecified atom stereocenters. The fourth-order valence-corrected chi connectivity index (χ4v) is 4.19. The molecule has 33 heavy (non-hydrogen) atoms. The second-order valence-corrected chi connectivity index (χ2v) is 8.42. The minimum absolute atomic E-state index is 0.0444. The molecular formula is C26H30N2O5. The van der Waals surface area contributed by atoms with Gasteiger partial charge in [-0.3, -0.25) is 14.4 Å². The third-order valence-corrected chi connectivity index (χ3v) is 6.16. The molecule has 0 bridgehead atoms. The van der Waals surface area contributed by atoms with Gasteiger partial charge in [-0.05, 0) is 61.6 Å². The predicted octanol–water partition coefficient (Wildman–Crippen LogP) is 3.64. The van der Waals surface area contributed by atoms with Crippen molar-refractivity contribution in [2.75, 3.05) is 37.7 Å². The van der Waals surface area contributed by atoms with E-state index in [1.54, 1.807) is 23.1 Å². The maximum absolute atomic E-state index is 12.7. The SMILES string of the molecule is CCc1ccc(OCC(=O)c2ccc3c(c2)N(CCCC(=O)N2CCCC2)C(=O)CO3)cc1. The number of likely N-dealkylation sites (tertiary alicyclic amines) is 1. The molecule has 2 aliphatic heterocycles. The van der Waals surface area contributed by atoms with E-state index in [0.29, 0.717) is 42.1 Å². The van der Waals surface area contributed by atoms with E-state index in [1.165, 1.54) is 5.56 Å². The minimum Gasteiger partial charge on any atom is -0.485 e. The van der Waals surface area contributed by atoms with E-state index in [9.17, 15) is 14.4 Å². The van der Waals surface area contributed by atoms with Gasteiger partial charge in [-0.1, -0.05) is 19.1 Å². The Kier molecular flexibility index (Phi) is 7.27. The average Bonchev–Trinajstić information content (AvgIpc) is 3.39. The van der Waals surface area contributed by atoms with Crippen LogP contribution >= 0.6 is 0 Å². The zero-order valence-corrected chi connectivity index (χ0v) is 19.0. The highest BCUT2D eigenvalue weighted by Crippen LogP contribution is 2.33. The van der Waals surface area contributed by atoms with Crippen LogP contribution in [0.2, 0.25) is 0 Å². The molecule has 0 aliphatic carbocycles. The number of carbonyl (C=O) groups is 3. The van der Waals surface area contributed by atoms with Gasteiger partial charge in [0.15, 0.2) is 19.0 Å². The summed E-state index contributed by atoms with van der Waals surface area (Å²) in [5.74, 6) is 0.989. The quantitative estimate of drug-likeness (QED) is 0.545. The van der Waals surface area contributed by atoms with Crippen LogP contribution in [-0.4, -0.2) is 55.3 Å². The first-order valence-electron chi connectivity index (χ1n) is 11.6. The number of ketones is 1. The molecule has 2 heterocycles. The normalized spacial score (nSPS) is 15.2. The molecule has 2 aromatic rings. The molecule has 7 heteroatoms. The molecular weight excluding hydrogens is 420 g/mol. The summed E-state index contributed by atoms with van der Waals surface area (Å²) in [5, 5.41) is 0. The Labute approximate surface area is 194 Å². The van der Waals surface area contributed by atoms with E-state index in [0.717, 1.165) is 32.4 Å². The summed E-state index contributed by atoms with van der Waals surface area (Å²) in [6, 6.07) is 12.8. The third-order valence-electron chi connectivity index (χ3n) is 6.16. The topological polar surface area (TPSA) is 76.2 Å². The molecule has 0 saturated carbocycles. The number of fused-ring (bicyclic) bond motifs is 1. The number of benzene rings is 2. The van der Waals surface area contributed by atoms with E-state index in [4.69, 9.17) is 9.47 Å². The lowest BCUT2D eigenvalue weighted by Crippen LogP contribution is -2.40. The standard InChI is InChI=1S/C26H30N2O5/c1-2-19-7-10-21(11-8-19)32-17-23(29)20-9-12-24-22(16-20)28(26(31)18-33-24)15-5-6-25(30)27-13-3-4-14-27/h7-12,16H,2-6,13-15,17-18H2,1H3. The van der Waals surface area contributed by atoms with Gasteiger partial charge in [-0.25, -0.2) is 0 Å². The van der Waals surface area contributed by atoms with Crippen LogP contribution in [0.5, 0.6) is 11.5 Å². The zero-order valence-electron chi connectivity index (χ0n) is 19.0. The Hall–Kier alpha value is -3.35. The summed E-state index contributed by atoms with van der Waals surface area (Å²) < 4.78 is 11.2. The smallest absolute Gasteiger partial charge is 0.265 e. The second-order valence-electron chi connectivity index (χ2n) is 8.42. The zero-order chi connectivity index (χ0) is 23.2. The van der Waals surface area contributed by atoms with Crippen LogP contribution in [0, 0.1) is 0 Å². The summed E-state index contributed by atoms with van der Waals surface area (Å²) in [7, 11) is 0. The summed E-state index contributed by atoms with van der Waals surface area (Å²) >= 11 is 0. The number of anilines is 1. The highest BCUT2D eigenvalue weighted by atomic mass is 16.5. The molecule has 2 aromatic carbocycles. The number of carbonyl (C=O) groups excluding carboxylic acids is 3. The highest BCUT2D eigenvalue weighted by Gasteiger charge is 2.27. The van der Waals surface area contributed by atoms with E-state index in [2.05, 4.69) is 6.92 Å². The van der Waals surface area contributed by atoms with Crippen molar-refractivity contribution in [1.82, 2.24) is 4.90 Å². The molecule has 0 aromatic heterocycles. The summed E-state index contributed by atoms with van der Waals surface area (Å²) in [5.41, 5.74) is 2.23. The van der Waals surface area contributed by atoms with Crippen LogP contribution < -0.4 is 14.4 Å². The molecule has 0 atom stereocenters. The Bertz CT molecular complexity index is 1010. The number of amides is 2. The average molecular weight is 451 g/mol. The van der Waals surface area contributed by atoms with Gasteiger partial charge in [0.2, 0.25) is 5.91 Å². The van der Waals surface area contributed by atoms with Crippen molar-refractivity contribution in [1.29, 1.82) is 0 Å². The second kappa shape index (κ2) is 10.5. The largest absolute Gasteiger partial charge is 0.485 e. The molecule has 0 N–H and O–H groups in total. The number of Topliss-reactive ketones (excluding diaryl/α,β-unsaturated/α-hetero) is 1. The maximum atomic E-state index is 12.7. The maximum Gasteiger partial charge on any atom is 0.265 e. The number of hydrogen-bond acceptors (Lipinski definition) is 5. The van der Waals surface area contributed by atoms with E-state index in [-0.39, 0.29) is 30.8 Å². The lowest BCUT2D eigenvalue weighted by molar-refractivity contribution is -0.130. The molecule has 0 spiro atoms. The van der Waals surface area contributed by atoms with Crippen LogP contribution in [0.1, 0.15) is 48.5 Å². The van der Waals surface area contributed by atoms with Crippen molar-refractivity contribution >= 4 is 23.3 Å². The molecule has 2 amide bonds. The predicted molar refractivity (Wildman–Crippen MR) is 125 cm³/mol. The van der Waals surface area contributed by atoms with Crippen LogP contribution in [0.25, 0.3) is 0 Å². The first-order chi connectivity index (χ1) is 16.0. The summed E-state index contributed by atoms with van der Waals surface area (Å²) in [6.07, 6.45) is 4.04. The Balaban J connectivity index is 1.38. The van der Waals surface area contributed by atoms with Gasteiger partial charge in [-0.15, -0.1) is 0 Å². The fourth-order valence-electron chi connectivity index (χ4n) is 4.19. The van der Waals surface area contributed by atoms with Crippen molar-refractivity contribution in [3.8, 4) is 11.5 Å². The third kappa shape index (κ3) is 5.53. The summed E-state index contributed by atoms with van der Waals surface area (Å²) in [6.45, 7) is 4.01. The lowest BCUT2D eigenvalue weighted by atomic mass is 10.1. The fraction of sp³-hybridized carbons (Fsp3) is 0.423. The van der Waals surface area contributed by atoms with Gasteiger partial charge < -0.3 is 19.3 Å². The van der Waals surface area contributed by atoms with Crippen LogP contribution in [0.3, 0.4) is 0 Å². The van der Waals surface area contributed by atoms with Gasteiger partial charge in [0.1, 0.15) is 11.5 Å². The molecule has 7 nitrogen and oxygen atoms in total. The molecule has 4 rings (SSSR count).